The predicted octanol–water partition coefficient (Wildman–Crippen LogP) is 2.47. The molecule has 31 heavy (non-hydrogen) atoms. The quantitative estimate of drug-likeness (QED) is 0.676. The van der Waals surface area contributed by atoms with Crippen molar-refractivity contribution in [1.82, 2.24) is 14.5 Å². The summed E-state index contributed by atoms with van der Waals surface area (Å²) in [6, 6.07) is 12.1. The van der Waals surface area contributed by atoms with Gasteiger partial charge in [0, 0.05) is 44.8 Å². The molecule has 1 aliphatic rings. The third-order valence-electron chi connectivity index (χ3n) is 5.51. The molecule has 0 atom stereocenters. The maximum absolute atomic E-state index is 12.8. The second kappa shape index (κ2) is 10.9. The van der Waals surface area contributed by atoms with Gasteiger partial charge in [0.2, 0.25) is 10.0 Å². The number of methoxy groups -OCH3 is 1. The van der Waals surface area contributed by atoms with Gasteiger partial charge in [-0.15, -0.1) is 12.4 Å². The minimum Gasteiger partial charge on any atom is -0.497 e. The minimum absolute atomic E-state index is 0. The Kier molecular flexibility index (Phi) is 8.88. The van der Waals surface area contributed by atoms with Crippen molar-refractivity contribution in [3.63, 3.8) is 0 Å². The highest BCUT2D eigenvalue weighted by atomic mass is 35.5. The number of nitrogens with zero attached hydrogens (tertiary/aromatic N) is 2. The normalized spacial score (nSPS) is 15.2. The molecule has 1 amide bonds. The Morgan fingerprint density at radius 2 is 1.65 bits per heavy atom. The molecule has 1 aliphatic heterocycles. The van der Waals surface area contributed by atoms with Crippen LogP contribution in [0.15, 0.2) is 47.4 Å². The number of hydrogen-bond acceptors (Lipinski definition) is 5. The Hall–Kier alpha value is -2.13. The Morgan fingerprint density at radius 1 is 1.00 bits per heavy atom. The van der Waals surface area contributed by atoms with Gasteiger partial charge in [0.05, 0.1) is 12.0 Å². The van der Waals surface area contributed by atoms with Crippen molar-refractivity contribution < 1.29 is 17.9 Å². The zero-order valence-corrected chi connectivity index (χ0v) is 19.8. The van der Waals surface area contributed by atoms with Gasteiger partial charge < -0.3 is 10.1 Å². The van der Waals surface area contributed by atoms with Crippen LogP contribution in [0.25, 0.3) is 0 Å². The maximum Gasteiger partial charge on any atom is 0.251 e. The number of nitrogens with one attached hydrogen (secondary N) is 1. The van der Waals surface area contributed by atoms with Crippen molar-refractivity contribution in [3.05, 3.63) is 59.2 Å². The summed E-state index contributed by atoms with van der Waals surface area (Å²) in [5.74, 6) is 0.542. The first-order valence-electron chi connectivity index (χ1n) is 10.0. The Morgan fingerprint density at radius 3 is 2.23 bits per heavy atom. The number of benzene rings is 2. The Bertz CT molecular complexity index is 988. The number of hydrogen-bond donors (Lipinski definition) is 1. The summed E-state index contributed by atoms with van der Waals surface area (Å²) in [7, 11) is -1.96. The lowest BCUT2D eigenvalue weighted by Crippen LogP contribution is -2.50. The van der Waals surface area contributed by atoms with Gasteiger partial charge in [0.15, 0.2) is 0 Å². The average Bonchev–Trinajstić information content (AvgIpc) is 2.76. The molecule has 2 aromatic rings. The monoisotopic (exact) mass is 467 g/mol. The number of sulfonamides is 1. The largest absolute Gasteiger partial charge is 0.497 e. The fourth-order valence-corrected chi connectivity index (χ4v) is 4.82. The van der Waals surface area contributed by atoms with E-state index in [1.165, 1.54) is 4.31 Å². The van der Waals surface area contributed by atoms with Crippen molar-refractivity contribution in [3.8, 4) is 5.75 Å². The molecule has 0 spiro atoms. The van der Waals surface area contributed by atoms with Crippen LogP contribution in [0.2, 0.25) is 0 Å². The molecular formula is C22H30ClN3O4S. The van der Waals surface area contributed by atoms with E-state index < -0.39 is 10.0 Å². The lowest BCUT2D eigenvalue weighted by atomic mass is 10.1. The first kappa shape index (κ1) is 25.1. The van der Waals surface area contributed by atoms with Crippen molar-refractivity contribution in [2.45, 2.75) is 18.7 Å². The highest BCUT2D eigenvalue weighted by Crippen LogP contribution is 2.20. The first-order valence-corrected chi connectivity index (χ1v) is 11.5. The van der Waals surface area contributed by atoms with E-state index in [2.05, 4.69) is 10.2 Å². The van der Waals surface area contributed by atoms with Crippen molar-refractivity contribution in [1.29, 1.82) is 0 Å². The van der Waals surface area contributed by atoms with E-state index in [-0.39, 0.29) is 23.2 Å². The van der Waals surface area contributed by atoms with E-state index in [1.54, 1.807) is 31.4 Å². The molecule has 0 aromatic heterocycles. The van der Waals surface area contributed by atoms with E-state index in [1.807, 2.05) is 32.0 Å². The number of amides is 1. The summed E-state index contributed by atoms with van der Waals surface area (Å²) in [6.07, 6.45) is 0. The van der Waals surface area contributed by atoms with Crippen LogP contribution in [0.1, 0.15) is 21.5 Å². The van der Waals surface area contributed by atoms with Gasteiger partial charge in [0.25, 0.3) is 5.91 Å². The molecule has 0 saturated carbocycles. The van der Waals surface area contributed by atoms with Crippen LogP contribution in [0.5, 0.6) is 5.75 Å². The van der Waals surface area contributed by atoms with Gasteiger partial charge in [-0.3, -0.25) is 9.69 Å². The third-order valence-corrected chi connectivity index (χ3v) is 7.42. The highest BCUT2D eigenvalue weighted by molar-refractivity contribution is 7.89. The molecule has 2 aromatic carbocycles. The van der Waals surface area contributed by atoms with Crippen molar-refractivity contribution >= 4 is 28.3 Å². The zero-order valence-electron chi connectivity index (χ0n) is 18.1. The highest BCUT2D eigenvalue weighted by Gasteiger charge is 2.28. The number of ether oxygens (including phenoxy) is 1. The van der Waals surface area contributed by atoms with Crippen LogP contribution >= 0.6 is 12.4 Å². The number of rotatable bonds is 7. The van der Waals surface area contributed by atoms with Crippen LogP contribution in [0.3, 0.4) is 0 Å². The number of carbonyl (C=O) groups is 1. The Labute approximate surface area is 190 Å². The van der Waals surface area contributed by atoms with Crippen LogP contribution in [-0.2, 0) is 10.0 Å². The summed E-state index contributed by atoms with van der Waals surface area (Å²) in [6.45, 7) is 7.35. The lowest BCUT2D eigenvalue weighted by molar-refractivity contribution is 0.0945. The summed E-state index contributed by atoms with van der Waals surface area (Å²) in [5.41, 5.74) is 2.92. The molecule has 1 saturated heterocycles. The van der Waals surface area contributed by atoms with E-state index in [4.69, 9.17) is 4.74 Å². The standard InChI is InChI=1S/C22H29N3O4S.ClH/c1-17-4-5-19(16-18(17)2)22(26)23-10-11-24-12-14-25(15-13-24)30(27,28)21-8-6-20(29-3)7-9-21;/h4-9,16H,10-15H2,1-3H3,(H,23,26);1H. The van der Waals surface area contributed by atoms with Gasteiger partial charge in [-0.2, -0.15) is 4.31 Å². The average molecular weight is 468 g/mol. The molecule has 0 unspecified atom stereocenters. The molecule has 0 radical (unpaired) electrons. The number of aryl methyl sites for hydroxylation is 2. The second-order valence-corrected chi connectivity index (χ2v) is 9.41. The molecule has 0 aliphatic carbocycles. The zero-order chi connectivity index (χ0) is 21.7. The van der Waals surface area contributed by atoms with Crippen LogP contribution < -0.4 is 10.1 Å². The van der Waals surface area contributed by atoms with E-state index in [0.29, 0.717) is 50.6 Å². The van der Waals surface area contributed by atoms with Crippen LogP contribution in [0, 0.1) is 13.8 Å². The molecule has 7 nitrogen and oxygen atoms in total. The predicted molar refractivity (Wildman–Crippen MR) is 124 cm³/mol. The Balaban J connectivity index is 0.00000341. The molecule has 1 N–H and O–H groups in total. The van der Waals surface area contributed by atoms with E-state index in [0.717, 1.165) is 11.1 Å². The lowest BCUT2D eigenvalue weighted by Gasteiger charge is -2.34. The molecule has 3 rings (SSSR count). The molecule has 0 bridgehead atoms. The van der Waals surface area contributed by atoms with Gasteiger partial charge in [-0.05, 0) is 61.4 Å². The van der Waals surface area contributed by atoms with E-state index >= 15 is 0 Å². The van der Waals surface area contributed by atoms with Gasteiger partial charge >= 0.3 is 0 Å². The van der Waals surface area contributed by atoms with Crippen molar-refractivity contribution in [2.75, 3.05) is 46.4 Å². The second-order valence-electron chi connectivity index (χ2n) is 7.48. The molecule has 9 heteroatoms. The number of halogens is 1. The first-order chi connectivity index (χ1) is 14.3. The fourth-order valence-electron chi connectivity index (χ4n) is 3.40. The van der Waals surface area contributed by atoms with Gasteiger partial charge in [-0.25, -0.2) is 8.42 Å². The van der Waals surface area contributed by atoms with Gasteiger partial charge in [0.1, 0.15) is 5.75 Å². The summed E-state index contributed by atoms with van der Waals surface area (Å²) in [5, 5.41) is 2.95. The summed E-state index contributed by atoms with van der Waals surface area (Å²) < 4.78 is 32.2. The number of piperazine rings is 1. The van der Waals surface area contributed by atoms with Gasteiger partial charge in [-0.1, -0.05) is 6.07 Å². The van der Waals surface area contributed by atoms with E-state index in [9.17, 15) is 13.2 Å². The fraction of sp³-hybridized carbons (Fsp3) is 0.409. The molecule has 1 fully saturated rings. The molecular weight excluding hydrogens is 438 g/mol. The SMILES string of the molecule is COc1ccc(S(=O)(=O)N2CCN(CCNC(=O)c3ccc(C)c(C)c3)CC2)cc1.Cl. The molecule has 170 valence electrons. The number of carbonyl (C=O) groups excluding carboxylic acids is 1. The topological polar surface area (TPSA) is 79.0 Å². The smallest absolute Gasteiger partial charge is 0.251 e. The maximum atomic E-state index is 12.8. The van der Waals surface area contributed by atoms with Crippen molar-refractivity contribution in [2.24, 2.45) is 0 Å². The van der Waals surface area contributed by atoms with Crippen LogP contribution in [0.4, 0.5) is 0 Å². The summed E-state index contributed by atoms with van der Waals surface area (Å²) >= 11 is 0. The van der Waals surface area contributed by atoms with Crippen LogP contribution in [-0.4, -0.2) is 69.9 Å². The third kappa shape index (κ3) is 6.20. The molecule has 1 heterocycles. The minimum atomic E-state index is -3.51. The summed E-state index contributed by atoms with van der Waals surface area (Å²) in [4.78, 5) is 14.8.